The molecule has 0 unspecified atom stereocenters. The van der Waals surface area contributed by atoms with Gasteiger partial charge in [0.2, 0.25) is 7.29 Å². The lowest BCUT2D eigenvalue weighted by Gasteiger charge is -2.42. The summed E-state index contributed by atoms with van der Waals surface area (Å²) >= 11 is 0. The second-order valence-corrected chi connectivity index (χ2v) is 10.1. The summed E-state index contributed by atoms with van der Waals surface area (Å²) in [6.45, 7) is 7.03. The van der Waals surface area contributed by atoms with Gasteiger partial charge in [-0.25, -0.2) is 4.67 Å². The Balaban J connectivity index is 2.19. The molecule has 0 saturated carbocycles. The first-order valence-corrected chi connectivity index (χ1v) is 10.6. The van der Waals surface area contributed by atoms with Gasteiger partial charge in [0, 0.05) is 22.7 Å². The monoisotopic (exact) mass is 363 g/mol. The molecule has 0 bridgehead atoms. The van der Waals surface area contributed by atoms with Crippen LogP contribution in [0.1, 0.15) is 26.3 Å². The third-order valence-electron chi connectivity index (χ3n) is 4.50. The van der Waals surface area contributed by atoms with E-state index >= 15 is 0 Å². The van der Waals surface area contributed by atoms with Crippen molar-refractivity contribution in [2.45, 2.75) is 32.9 Å². The maximum atomic E-state index is 14.7. The number of benzene rings is 3. The topological polar surface area (TPSA) is 20.3 Å². The fourth-order valence-corrected chi connectivity index (χ4v) is 6.42. The van der Waals surface area contributed by atoms with Crippen LogP contribution in [-0.4, -0.2) is 10.2 Å². The zero-order valence-corrected chi connectivity index (χ0v) is 16.6. The Morgan fingerprint density at radius 3 is 1.46 bits per heavy atom. The second kappa shape index (κ2) is 7.61. The third-order valence-corrected chi connectivity index (χ3v) is 7.92. The molecule has 26 heavy (non-hydrogen) atoms. The Hall–Kier alpha value is -2.15. The van der Waals surface area contributed by atoms with E-state index in [0.29, 0.717) is 6.54 Å². The van der Waals surface area contributed by atoms with Gasteiger partial charge in [-0.2, -0.15) is 0 Å². The van der Waals surface area contributed by atoms with Crippen LogP contribution in [0.5, 0.6) is 0 Å². The van der Waals surface area contributed by atoms with Crippen molar-refractivity contribution in [3.8, 4) is 0 Å². The summed E-state index contributed by atoms with van der Waals surface area (Å²) in [5.74, 6) is 0. The Labute approximate surface area is 156 Å². The second-order valence-electron chi connectivity index (χ2n) is 7.46. The third kappa shape index (κ3) is 3.82. The normalized spacial score (nSPS) is 12.3. The first-order valence-electron chi connectivity index (χ1n) is 8.96. The van der Waals surface area contributed by atoms with Gasteiger partial charge in [-0.15, -0.1) is 0 Å². The fraction of sp³-hybridized carbons (Fsp3) is 0.217. The van der Waals surface area contributed by atoms with Crippen molar-refractivity contribution in [3.05, 3.63) is 96.6 Å². The molecule has 0 aliphatic heterocycles. The smallest absolute Gasteiger partial charge is 0.207 e. The average molecular weight is 363 g/mol. The Morgan fingerprint density at radius 2 is 1.08 bits per heavy atom. The Kier molecular flexibility index (Phi) is 5.46. The highest BCUT2D eigenvalue weighted by Gasteiger charge is 2.40. The van der Waals surface area contributed by atoms with Crippen molar-refractivity contribution in [3.63, 3.8) is 0 Å². The highest BCUT2D eigenvalue weighted by molar-refractivity contribution is 7.76. The van der Waals surface area contributed by atoms with E-state index in [1.807, 2.05) is 78.9 Å². The minimum atomic E-state index is -2.99. The maximum Gasteiger partial charge on any atom is 0.207 e. The van der Waals surface area contributed by atoms with Gasteiger partial charge < -0.3 is 0 Å². The molecule has 0 radical (unpaired) electrons. The minimum absolute atomic E-state index is 0.267. The highest BCUT2D eigenvalue weighted by Crippen LogP contribution is 2.52. The molecule has 0 N–H and O–H groups in total. The average Bonchev–Trinajstić information content (AvgIpc) is 2.67. The van der Waals surface area contributed by atoms with Crippen molar-refractivity contribution in [1.29, 1.82) is 0 Å². The summed E-state index contributed by atoms with van der Waals surface area (Å²) in [6, 6.07) is 30.0. The predicted molar refractivity (Wildman–Crippen MR) is 111 cm³/mol. The van der Waals surface area contributed by atoms with Gasteiger partial charge in [0.25, 0.3) is 0 Å². The Morgan fingerprint density at radius 1 is 0.692 bits per heavy atom. The standard InChI is InChI=1S/C23H26NOP/c1-23(2,3)24(19-20-13-7-4-8-14-20)26(25,21-15-9-5-10-16-21)22-17-11-6-12-18-22/h4-18H,19H2,1-3H3. The van der Waals surface area contributed by atoms with Crippen LogP contribution in [0.3, 0.4) is 0 Å². The van der Waals surface area contributed by atoms with Gasteiger partial charge in [-0.1, -0.05) is 66.7 Å². The van der Waals surface area contributed by atoms with Crippen LogP contribution in [-0.2, 0) is 11.1 Å². The van der Waals surface area contributed by atoms with E-state index < -0.39 is 7.29 Å². The predicted octanol–water partition coefficient (Wildman–Crippen LogP) is 5.22. The lowest BCUT2D eigenvalue weighted by Crippen LogP contribution is -2.43. The summed E-state index contributed by atoms with van der Waals surface area (Å²) in [5, 5.41) is 1.74. The van der Waals surface area contributed by atoms with Gasteiger partial charge >= 0.3 is 0 Å². The molecule has 3 heteroatoms. The fourth-order valence-electron chi connectivity index (χ4n) is 3.20. The summed E-state index contributed by atoms with van der Waals surface area (Å²) in [5.41, 5.74) is 0.895. The van der Waals surface area contributed by atoms with E-state index in [1.165, 1.54) is 0 Å². The van der Waals surface area contributed by atoms with E-state index in [1.54, 1.807) is 0 Å². The van der Waals surface area contributed by atoms with E-state index in [2.05, 4.69) is 37.6 Å². The molecule has 3 aromatic rings. The number of hydrogen-bond donors (Lipinski definition) is 0. The summed E-state index contributed by atoms with van der Waals surface area (Å²) in [7, 11) is -2.99. The molecule has 0 aromatic heterocycles. The van der Waals surface area contributed by atoms with Crippen molar-refractivity contribution in [2.75, 3.05) is 0 Å². The van der Waals surface area contributed by atoms with Crippen LogP contribution >= 0.6 is 7.29 Å². The highest BCUT2D eigenvalue weighted by atomic mass is 31.2. The van der Waals surface area contributed by atoms with Crippen molar-refractivity contribution < 1.29 is 4.57 Å². The van der Waals surface area contributed by atoms with Crippen molar-refractivity contribution >= 4 is 17.9 Å². The van der Waals surface area contributed by atoms with E-state index in [-0.39, 0.29) is 5.54 Å². The van der Waals surface area contributed by atoms with Gasteiger partial charge in [-0.3, -0.25) is 4.57 Å². The zero-order chi connectivity index (χ0) is 18.6. The lowest BCUT2D eigenvalue weighted by molar-refractivity contribution is 0.245. The van der Waals surface area contributed by atoms with Crippen LogP contribution in [0, 0.1) is 0 Å². The molecular formula is C23H26NOP. The van der Waals surface area contributed by atoms with Crippen LogP contribution in [0.15, 0.2) is 91.0 Å². The molecule has 0 heterocycles. The van der Waals surface area contributed by atoms with Gasteiger partial charge in [0.1, 0.15) is 0 Å². The lowest BCUT2D eigenvalue weighted by atomic mass is 10.1. The Bertz CT molecular complexity index is 827. The van der Waals surface area contributed by atoms with Gasteiger partial charge in [0.05, 0.1) is 0 Å². The van der Waals surface area contributed by atoms with Gasteiger partial charge in [-0.05, 0) is 50.6 Å². The van der Waals surface area contributed by atoms with Gasteiger partial charge in [0.15, 0.2) is 0 Å². The number of rotatable bonds is 5. The molecule has 0 amide bonds. The van der Waals surface area contributed by atoms with E-state index in [0.717, 1.165) is 16.2 Å². The van der Waals surface area contributed by atoms with E-state index in [9.17, 15) is 4.57 Å². The van der Waals surface area contributed by atoms with Crippen LogP contribution < -0.4 is 10.6 Å². The van der Waals surface area contributed by atoms with Crippen molar-refractivity contribution in [2.24, 2.45) is 0 Å². The molecule has 0 saturated heterocycles. The largest absolute Gasteiger partial charge is 0.296 e. The first kappa shape index (κ1) is 18.6. The van der Waals surface area contributed by atoms with Crippen LogP contribution in [0.2, 0.25) is 0 Å². The molecule has 0 aliphatic carbocycles. The molecule has 3 aromatic carbocycles. The maximum absolute atomic E-state index is 14.7. The molecule has 0 fully saturated rings. The number of hydrogen-bond acceptors (Lipinski definition) is 1. The summed E-state index contributed by atoms with van der Waals surface area (Å²) in [4.78, 5) is 0. The molecule has 3 rings (SSSR count). The molecule has 134 valence electrons. The molecule has 2 nitrogen and oxygen atoms in total. The molecule has 0 atom stereocenters. The van der Waals surface area contributed by atoms with Crippen LogP contribution in [0.25, 0.3) is 0 Å². The van der Waals surface area contributed by atoms with Crippen molar-refractivity contribution in [1.82, 2.24) is 4.67 Å². The molecule has 0 aliphatic rings. The zero-order valence-electron chi connectivity index (χ0n) is 15.7. The summed E-state index contributed by atoms with van der Waals surface area (Å²) in [6.07, 6.45) is 0. The SMILES string of the molecule is CC(C)(C)N(Cc1ccccc1)P(=O)(c1ccccc1)c1ccccc1. The molecular weight excluding hydrogens is 337 g/mol. The summed E-state index contributed by atoms with van der Waals surface area (Å²) < 4.78 is 16.9. The quantitative estimate of drug-likeness (QED) is 0.580. The first-order chi connectivity index (χ1) is 12.4. The minimum Gasteiger partial charge on any atom is -0.296 e. The number of nitrogens with zero attached hydrogens (tertiary/aromatic N) is 1. The van der Waals surface area contributed by atoms with Crippen LogP contribution in [0.4, 0.5) is 0 Å². The molecule has 0 spiro atoms. The van der Waals surface area contributed by atoms with E-state index in [4.69, 9.17) is 0 Å².